The molecule has 4 rings (SSSR count). The van der Waals surface area contributed by atoms with Gasteiger partial charge in [0.25, 0.3) is 5.91 Å². The van der Waals surface area contributed by atoms with Crippen LogP contribution in [0.15, 0.2) is 22.0 Å². The molecule has 0 bridgehead atoms. The summed E-state index contributed by atoms with van der Waals surface area (Å²) in [6.45, 7) is 3.95. The van der Waals surface area contributed by atoms with E-state index in [1.165, 1.54) is 11.3 Å². The smallest absolute Gasteiger partial charge is 0.362 e. The van der Waals surface area contributed by atoms with Gasteiger partial charge in [-0.3, -0.25) is 4.79 Å². The second kappa shape index (κ2) is 7.61. The molecule has 2 aromatic heterocycles. The molecular weight excluding hydrogens is 469 g/mol. The highest BCUT2D eigenvalue weighted by atomic mass is 79.9. The first kappa shape index (κ1) is 20.7. The molecule has 4 heterocycles. The molecule has 1 saturated heterocycles. The number of rotatable bonds is 2. The number of alkyl halides is 3. The Morgan fingerprint density at radius 1 is 1.31 bits per heavy atom. The summed E-state index contributed by atoms with van der Waals surface area (Å²) in [5.41, 5.74) is 0.0363. The van der Waals surface area contributed by atoms with Gasteiger partial charge in [-0.2, -0.15) is 18.3 Å². The van der Waals surface area contributed by atoms with E-state index >= 15 is 0 Å². The molecule has 1 amide bonds. The van der Waals surface area contributed by atoms with Gasteiger partial charge in [-0.1, -0.05) is 6.07 Å². The van der Waals surface area contributed by atoms with E-state index in [0.29, 0.717) is 4.47 Å². The van der Waals surface area contributed by atoms with Crippen molar-refractivity contribution in [3.8, 4) is 0 Å². The van der Waals surface area contributed by atoms with E-state index in [0.717, 1.165) is 28.8 Å². The van der Waals surface area contributed by atoms with Gasteiger partial charge in [0.15, 0.2) is 11.7 Å². The standard InChI is InChI=1S/C19H22BrF3N4OS/c1-10-5-3-6-11(2)26(10)18(28)16-15(20)17-24-12(13-7-4-8-29-13)9-14(19(21,22)23)27(17)25-16/h4,7-8,10-12,14,24H,3,5-6,9H2,1-2H3/t10-,11+,12-,14-/m1/s1. The molecule has 1 N–H and O–H groups in total. The zero-order valence-corrected chi connectivity index (χ0v) is 18.4. The highest BCUT2D eigenvalue weighted by Crippen LogP contribution is 2.47. The highest BCUT2D eigenvalue weighted by molar-refractivity contribution is 9.10. The van der Waals surface area contributed by atoms with Crippen molar-refractivity contribution in [1.29, 1.82) is 0 Å². The first-order valence-electron chi connectivity index (χ1n) is 9.65. The normalized spacial score (nSPS) is 27.4. The Labute approximate surface area is 179 Å². The number of carbonyl (C=O) groups excluding carboxylic acids is 1. The number of thiophene rings is 1. The largest absolute Gasteiger partial charge is 0.410 e. The number of aromatic nitrogens is 2. The summed E-state index contributed by atoms with van der Waals surface area (Å²) >= 11 is 4.78. The Kier molecular flexibility index (Phi) is 5.43. The van der Waals surface area contributed by atoms with Gasteiger partial charge in [0, 0.05) is 23.4 Å². The van der Waals surface area contributed by atoms with Gasteiger partial charge in [-0.25, -0.2) is 4.68 Å². The lowest BCUT2D eigenvalue weighted by molar-refractivity contribution is -0.173. The summed E-state index contributed by atoms with van der Waals surface area (Å²) in [5.74, 6) is -0.119. The molecule has 0 aromatic carbocycles. The fraction of sp³-hybridized carbons (Fsp3) is 0.579. The third-order valence-corrected chi connectivity index (χ3v) is 7.55. The molecule has 0 aliphatic carbocycles. The molecule has 2 aromatic rings. The van der Waals surface area contributed by atoms with Gasteiger partial charge in [0.2, 0.25) is 0 Å². The summed E-state index contributed by atoms with van der Waals surface area (Å²) in [7, 11) is 0. The van der Waals surface area contributed by atoms with Crippen molar-refractivity contribution in [2.75, 3.05) is 5.32 Å². The van der Waals surface area contributed by atoms with Gasteiger partial charge >= 0.3 is 6.18 Å². The van der Waals surface area contributed by atoms with Gasteiger partial charge in [-0.05, 0) is 60.5 Å². The molecule has 158 valence electrons. The molecule has 4 atom stereocenters. The van der Waals surface area contributed by atoms with Crippen LogP contribution in [-0.4, -0.2) is 38.8 Å². The lowest BCUT2D eigenvalue weighted by atomic mass is 9.97. The predicted molar refractivity (Wildman–Crippen MR) is 109 cm³/mol. The number of fused-ring (bicyclic) bond motifs is 1. The van der Waals surface area contributed by atoms with E-state index in [1.54, 1.807) is 4.90 Å². The predicted octanol–water partition coefficient (Wildman–Crippen LogP) is 5.77. The van der Waals surface area contributed by atoms with Crippen molar-refractivity contribution < 1.29 is 18.0 Å². The number of nitrogens with zero attached hydrogens (tertiary/aromatic N) is 3. The Morgan fingerprint density at radius 3 is 2.59 bits per heavy atom. The van der Waals surface area contributed by atoms with Crippen LogP contribution in [0.1, 0.15) is 67.0 Å². The Balaban J connectivity index is 1.74. The maximum atomic E-state index is 13.9. The van der Waals surface area contributed by atoms with Crippen molar-refractivity contribution in [2.45, 2.75) is 69.9 Å². The minimum Gasteiger partial charge on any atom is -0.362 e. The van der Waals surface area contributed by atoms with Crippen molar-refractivity contribution in [3.05, 3.63) is 32.6 Å². The summed E-state index contributed by atoms with van der Waals surface area (Å²) in [6, 6.07) is 1.42. The van der Waals surface area contributed by atoms with Crippen molar-refractivity contribution in [3.63, 3.8) is 0 Å². The number of nitrogens with one attached hydrogen (secondary N) is 1. The lowest BCUT2D eigenvalue weighted by Crippen LogP contribution is -2.47. The number of hydrogen-bond acceptors (Lipinski definition) is 4. The van der Waals surface area contributed by atoms with Crippen LogP contribution in [0.2, 0.25) is 0 Å². The second-order valence-corrected chi connectivity index (χ2v) is 9.57. The van der Waals surface area contributed by atoms with Crippen molar-refractivity contribution in [1.82, 2.24) is 14.7 Å². The zero-order chi connectivity index (χ0) is 20.9. The fourth-order valence-electron chi connectivity index (χ4n) is 4.35. The molecule has 0 spiro atoms. The van der Waals surface area contributed by atoms with Crippen LogP contribution in [0, 0.1) is 0 Å². The van der Waals surface area contributed by atoms with E-state index in [9.17, 15) is 18.0 Å². The number of piperidine rings is 1. The molecule has 1 fully saturated rings. The fourth-order valence-corrected chi connectivity index (χ4v) is 5.68. The van der Waals surface area contributed by atoms with Crippen LogP contribution in [0.3, 0.4) is 0 Å². The number of halogens is 4. The van der Waals surface area contributed by atoms with E-state index in [1.807, 2.05) is 31.4 Å². The van der Waals surface area contributed by atoms with Crippen LogP contribution >= 0.6 is 27.3 Å². The highest BCUT2D eigenvalue weighted by Gasteiger charge is 2.48. The number of amides is 1. The Hall–Kier alpha value is -1.55. The number of likely N-dealkylation sites (tertiary alicyclic amines) is 1. The number of hydrogen-bond donors (Lipinski definition) is 1. The van der Waals surface area contributed by atoms with E-state index in [4.69, 9.17) is 0 Å². The van der Waals surface area contributed by atoms with Crippen LogP contribution in [0.5, 0.6) is 0 Å². The third kappa shape index (κ3) is 3.69. The van der Waals surface area contributed by atoms with Crippen LogP contribution < -0.4 is 5.32 Å². The van der Waals surface area contributed by atoms with Crippen LogP contribution in [-0.2, 0) is 0 Å². The van der Waals surface area contributed by atoms with Gasteiger partial charge in [-0.15, -0.1) is 11.3 Å². The topological polar surface area (TPSA) is 50.2 Å². The van der Waals surface area contributed by atoms with Gasteiger partial charge in [0.1, 0.15) is 5.82 Å². The lowest BCUT2D eigenvalue weighted by Gasteiger charge is -2.38. The minimum atomic E-state index is -4.47. The third-order valence-electron chi connectivity index (χ3n) is 5.81. The molecule has 2 aliphatic heterocycles. The second-order valence-electron chi connectivity index (χ2n) is 7.80. The van der Waals surface area contributed by atoms with E-state index < -0.39 is 18.3 Å². The average molecular weight is 491 g/mol. The summed E-state index contributed by atoms with van der Waals surface area (Å²) in [5, 5.41) is 9.16. The Bertz CT molecular complexity index is 888. The Morgan fingerprint density at radius 2 is 2.00 bits per heavy atom. The first-order chi connectivity index (χ1) is 13.7. The molecule has 0 saturated carbocycles. The SMILES string of the molecule is C[C@@H]1CCC[C@H](C)N1C(=O)c1nn2c(c1Br)N[C@@H](c1cccs1)C[C@@H]2C(F)(F)F. The quantitative estimate of drug-likeness (QED) is 0.581. The van der Waals surface area contributed by atoms with Gasteiger partial charge in [0.05, 0.1) is 10.5 Å². The molecule has 5 nitrogen and oxygen atoms in total. The molecule has 2 aliphatic rings. The summed E-state index contributed by atoms with van der Waals surface area (Å²) < 4.78 is 42.8. The average Bonchev–Trinajstić information content (AvgIpc) is 3.28. The minimum absolute atomic E-state index is 0.0297. The zero-order valence-electron chi connectivity index (χ0n) is 16.0. The maximum Gasteiger partial charge on any atom is 0.410 e. The number of carbonyl (C=O) groups is 1. The summed E-state index contributed by atoms with van der Waals surface area (Å²) in [6.07, 6.45) is -1.84. The van der Waals surface area contributed by atoms with E-state index in [2.05, 4.69) is 26.3 Å². The van der Waals surface area contributed by atoms with Crippen LogP contribution in [0.4, 0.5) is 19.0 Å². The molecular formula is C19H22BrF3N4OS. The molecule has 10 heteroatoms. The maximum absolute atomic E-state index is 13.9. The summed E-state index contributed by atoms with van der Waals surface area (Å²) in [4.78, 5) is 15.8. The molecule has 0 unspecified atom stereocenters. The van der Waals surface area contributed by atoms with E-state index in [-0.39, 0.29) is 35.9 Å². The molecule has 29 heavy (non-hydrogen) atoms. The molecule has 0 radical (unpaired) electrons. The van der Waals surface area contributed by atoms with Crippen LogP contribution in [0.25, 0.3) is 0 Å². The number of anilines is 1. The monoisotopic (exact) mass is 490 g/mol. The van der Waals surface area contributed by atoms with Crippen molar-refractivity contribution >= 4 is 39.0 Å². The van der Waals surface area contributed by atoms with Gasteiger partial charge < -0.3 is 10.2 Å². The first-order valence-corrected chi connectivity index (χ1v) is 11.3. The van der Waals surface area contributed by atoms with Crippen molar-refractivity contribution in [2.24, 2.45) is 0 Å².